The number of aliphatic imine (C=N–C) groups is 1. The van der Waals surface area contributed by atoms with Crippen molar-refractivity contribution in [2.75, 3.05) is 0 Å². The molecule has 0 bridgehead atoms. The summed E-state index contributed by atoms with van der Waals surface area (Å²) in [5, 5.41) is 0. The van der Waals surface area contributed by atoms with Crippen LogP contribution < -0.4 is 0 Å². The molecule has 3 aromatic rings. The molecule has 2 aromatic carbocycles. The molecule has 0 aliphatic carbocycles. The van der Waals surface area contributed by atoms with Crippen molar-refractivity contribution >= 4 is 5.71 Å². The molecule has 0 saturated carbocycles. The van der Waals surface area contributed by atoms with Crippen molar-refractivity contribution in [2.45, 2.75) is 19.4 Å². The zero-order valence-electron chi connectivity index (χ0n) is 13.2. The molecule has 0 amide bonds. The summed E-state index contributed by atoms with van der Waals surface area (Å²) in [4.78, 5) is 4.75. The van der Waals surface area contributed by atoms with Crippen molar-refractivity contribution < 1.29 is 8.78 Å². The lowest BCUT2D eigenvalue weighted by molar-refractivity contribution is 0.0175. The van der Waals surface area contributed by atoms with Gasteiger partial charge < -0.3 is 4.57 Å². The molecule has 1 aliphatic rings. The van der Waals surface area contributed by atoms with Crippen molar-refractivity contribution in [2.24, 2.45) is 4.99 Å². The van der Waals surface area contributed by atoms with E-state index in [9.17, 15) is 8.78 Å². The van der Waals surface area contributed by atoms with E-state index in [1.165, 1.54) is 12.1 Å². The second kappa shape index (κ2) is 5.41. The first-order valence-electron chi connectivity index (χ1n) is 7.83. The number of halogens is 2. The molecule has 0 fully saturated rings. The number of nitrogens with zero attached hydrogens (tertiary/aromatic N) is 2. The lowest BCUT2D eigenvalue weighted by atomic mass is 10.0. The fourth-order valence-corrected chi connectivity index (χ4v) is 3.07. The van der Waals surface area contributed by atoms with E-state index >= 15 is 0 Å². The first kappa shape index (κ1) is 14.8. The smallest absolute Gasteiger partial charge is 0.270 e. The van der Waals surface area contributed by atoms with Crippen LogP contribution in [-0.4, -0.2) is 10.3 Å². The van der Waals surface area contributed by atoms with Gasteiger partial charge in [0.1, 0.15) is 0 Å². The highest BCUT2D eigenvalue weighted by Gasteiger charge is 2.24. The Morgan fingerprint density at radius 3 is 2.46 bits per heavy atom. The zero-order chi connectivity index (χ0) is 16.7. The van der Waals surface area contributed by atoms with Gasteiger partial charge in [-0.2, -0.15) is 0 Å². The van der Waals surface area contributed by atoms with Gasteiger partial charge in [0.2, 0.25) is 0 Å². The third-order valence-corrected chi connectivity index (χ3v) is 4.32. The van der Waals surface area contributed by atoms with Gasteiger partial charge in [0, 0.05) is 24.2 Å². The Labute approximate surface area is 139 Å². The molecule has 0 unspecified atom stereocenters. The van der Waals surface area contributed by atoms with Crippen molar-refractivity contribution in [1.29, 1.82) is 0 Å². The molecule has 4 rings (SSSR count). The second-order valence-corrected chi connectivity index (χ2v) is 6.02. The fraction of sp³-hybridized carbons (Fsp3) is 0.150. The molecule has 24 heavy (non-hydrogen) atoms. The van der Waals surface area contributed by atoms with Gasteiger partial charge in [0.05, 0.1) is 23.6 Å². The Kier molecular flexibility index (Phi) is 3.34. The molecule has 0 spiro atoms. The molecular weight excluding hydrogens is 306 g/mol. The van der Waals surface area contributed by atoms with E-state index in [1.807, 2.05) is 30.5 Å². The summed E-state index contributed by atoms with van der Waals surface area (Å²) in [5.74, 6) is -2.83. The van der Waals surface area contributed by atoms with Gasteiger partial charge in [-0.05, 0) is 23.8 Å². The summed E-state index contributed by atoms with van der Waals surface area (Å²) >= 11 is 0. The number of benzene rings is 2. The van der Waals surface area contributed by atoms with E-state index in [0.29, 0.717) is 6.54 Å². The highest BCUT2D eigenvalue weighted by molar-refractivity contribution is 6.12. The summed E-state index contributed by atoms with van der Waals surface area (Å²) < 4.78 is 29.0. The summed E-state index contributed by atoms with van der Waals surface area (Å²) in [6.07, 6.45) is 2.00. The summed E-state index contributed by atoms with van der Waals surface area (Å²) in [6.45, 7) is 1.48. The van der Waals surface area contributed by atoms with Crippen LogP contribution in [0, 0.1) is 0 Å². The molecule has 0 radical (unpaired) electrons. The van der Waals surface area contributed by atoms with E-state index in [-0.39, 0.29) is 5.56 Å². The van der Waals surface area contributed by atoms with Gasteiger partial charge in [0.15, 0.2) is 0 Å². The molecular formula is C20H16F2N2. The topological polar surface area (TPSA) is 17.3 Å². The number of aromatic nitrogens is 1. The molecule has 1 aliphatic heterocycles. The molecule has 2 nitrogen and oxygen atoms in total. The molecule has 120 valence electrons. The maximum absolute atomic E-state index is 13.4. The Balaban J connectivity index is 1.82. The van der Waals surface area contributed by atoms with Crippen LogP contribution >= 0.6 is 0 Å². The Bertz CT molecular complexity index is 915. The highest BCUT2D eigenvalue weighted by atomic mass is 19.3. The monoisotopic (exact) mass is 322 g/mol. The minimum atomic E-state index is -2.83. The van der Waals surface area contributed by atoms with Crippen LogP contribution in [-0.2, 0) is 12.5 Å². The van der Waals surface area contributed by atoms with Gasteiger partial charge >= 0.3 is 0 Å². The van der Waals surface area contributed by atoms with E-state index in [2.05, 4.69) is 16.7 Å². The number of fused-ring (bicyclic) bond motifs is 3. The number of para-hydroxylation sites is 1. The van der Waals surface area contributed by atoms with Crippen LogP contribution in [0.15, 0.2) is 71.9 Å². The van der Waals surface area contributed by atoms with Crippen LogP contribution in [0.3, 0.4) is 0 Å². The third kappa shape index (κ3) is 2.44. The maximum Gasteiger partial charge on any atom is 0.270 e. The Hall–Kier alpha value is -2.75. The predicted octanol–water partition coefficient (Wildman–Crippen LogP) is 4.94. The van der Waals surface area contributed by atoms with Gasteiger partial charge in [0.25, 0.3) is 5.92 Å². The van der Waals surface area contributed by atoms with Crippen molar-refractivity contribution in [1.82, 2.24) is 4.57 Å². The van der Waals surface area contributed by atoms with E-state index < -0.39 is 5.92 Å². The van der Waals surface area contributed by atoms with E-state index in [0.717, 1.165) is 35.1 Å². The normalized spacial score (nSPS) is 13.7. The number of alkyl halides is 2. The average Bonchev–Trinajstić information content (AvgIpc) is 2.99. The fourth-order valence-electron chi connectivity index (χ4n) is 3.07. The second-order valence-electron chi connectivity index (χ2n) is 6.02. The molecule has 0 atom stereocenters. The zero-order valence-corrected chi connectivity index (χ0v) is 13.2. The summed E-state index contributed by atoms with van der Waals surface area (Å²) in [6, 6.07) is 18.5. The molecule has 1 aromatic heterocycles. The van der Waals surface area contributed by atoms with Gasteiger partial charge in [-0.25, -0.2) is 8.78 Å². The lowest BCUT2D eigenvalue weighted by Gasteiger charge is -2.13. The largest absolute Gasteiger partial charge is 0.315 e. The molecule has 4 heteroatoms. The van der Waals surface area contributed by atoms with E-state index in [1.54, 1.807) is 12.1 Å². The minimum Gasteiger partial charge on any atom is -0.315 e. The number of hydrogen-bond acceptors (Lipinski definition) is 1. The van der Waals surface area contributed by atoms with Gasteiger partial charge in [-0.15, -0.1) is 0 Å². The number of hydrogen-bond donors (Lipinski definition) is 0. The first-order valence-corrected chi connectivity index (χ1v) is 7.83. The maximum atomic E-state index is 13.4. The SMILES string of the molecule is CC(F)(F)c1ccc(C2=NCc3ccccc3-n3cccc32)cc1. The minimum absolute atomic E-state index is 0.0131. The molecule has 0 saturated heterocycles. The van der Waals surface area contributed by atoms with Crippen LogP contribution in [0.5, 0.6) is 0 Å². The van der Waals surface area contributed by atoms with Crippen molar-refractivity contribution in [3.05, 3.63) is 89.2 Å². The van der Waals surface area contributed by atoms with Gasteiger partial charge in [-0.3, -0.25) is 4.99 Å². The van der Waals surface area contributed by atoms with Crippen LogP contribution in [0.2, 0.25) is 0 Å². The standard InChI is InChI=1S/C20H16F2N2/c1-20(21,22)16-10-8-14(9-11-16)19-18-7-4-12-24(18)17-6-3-2-5-15(17)13-23-19/h2-12H,13H2,1H3. The van der Waals surface area contributed by atoms with E-state index in [4.69, 9.17) is 4.99 Å². The first-order chi connectivity index (χ1) is 11.5. The summed E-state index contributed by atoms with van der Waals surface area (Å²) in [5.41, 5.74) is 4.89. The van der Waals surface area contributed by atoms with Crippen LogP contribution in [0.25, 0.3) is 5.69 Å². The van der Waals surface area contributed by atoms with Crippen LogP contribution in [0.1, 0.15) is 29.3 Å². The Morgan fingerprint density at radius 2 is 1.71 bits per heavy atom. The van der Waals surface area contributed by atoms with Crippen LogP contribution in [0.4, 0.5) is 8.78 Å². The van der Waals surface area contributed by atoms with Gasteiger partial charge in [-0.1, -0.05) is 42.5 Å². The number of rotatable bonds is 2. The lowest BCUT2D eigenvalue weighted by Crippen LogP contribution is -2.10. The predicted molar refractivity (Wildman–Crippen MR) is 91.1 cm³/mol. The summed E-state index contributed by atoms with van der Waals surface area (Å²) in [7, 11) is 0. The third-order valence-electron chi connectivity index (χ3n) is 4.32. The van der Waals surface area contributed by atoms with Crippen molar-refractivity contribution in [3.8, 4) is 5.69 Å². The molecule has 0 N–H and O–H groups in total. The van der Waals surface area contributed by atoms with Crippen molar-refractivity contribution in [3.63, 3.8) is 0 Å². The quantitative estimate of drug-likeness (QED) is 0.636. The average molecular weight is 322 g/mol. The highest BCUT2D eigenvalue weighted by Crippen LogP contribution is 2.29. The Morgan fingerprint density at radius 1 is 0.958 bits per heavy atom. The molecule has 2 heterocycles.